The van der Waals surface area contributed by atoms with Gasteiger partial charge in [0.1, 0.15) is 11.4 Å². The Bertz CT molecular complexity index is 466. The molecule has 1 aromatic rings. The molecule has 6 nitrogen and oxygen atoms in total. The standard InChI is InChI=1S/C13H20N2O4/c1-8-11(17)10(7-16)9(5-14-8)6-15-12(18)19-13(2,3)4/h5,16-17H,6-7H2,1-4H3,(H,15,18). The quantitative estimate of drug-likeness (QED) is 0.774. The second kappa shape index (κ2) is 5.88. The minimum absolute atomic E-state index is 0.0500. The summed E-state index contributed by atoms with van der Waals surface area (Å²) in [6, 6.07) is 0. The van der Waals surface area contributed by atoms with Crippen LogP contribution >= 0.6 is 0 Å². The van der Waals surface area contributed by atoms with Crippen molar-refractivity contribution < 1.29 is 19.7 Å². The molecule has 0 aliphatic carbocycles. The van der Waals surface area contributed by atoms with Crippen LogP contribution in [0.4, 0.5) is 4.79 Å². The number of hydrogen-bond acceptors (Lipinski definition) is 5. The Morgan fingerprint density at radius 1 is 1.47 bits per heavy atom. The van der Waals surface area contributed by atoms with Gasteiger partial charge in [-0.3, -0.25) is 4.98 Å². The Morgan fingerprint density at radius 2 is 2.11 bits per heavy atom. The third kappa shape index (κ3) is 4.40. The number of aromatic hydroxyl groups is 1. The summed E-state index contributed by atoms with van der Waals surface area (Å²) in [5, 5.41) is 21.6. The van der Waals surface area contributed by atoms with E-state index in [-0.39, 0.29) is 18.9 Å². The number of hydrogen-bond donors (Lipinski definition) is 3. The number of ether oxygens (including phenoxy) is 1. The molecule has 106 valence electrons. The van der Waals surface area contributed by atoms with Crippen LogP contribution in [0, 0.1) is 6.92 Å². The van der Waals surface area contributed by atoms with Gasteiger partial charge in [-0.25, -0.2) is 4.79 Å². The lowest BCUT2D eigenvalue weighted by Gasteiger charge is -2.20. The van der Waals surface area contributed by atoms with Crippen LogP contribution in [0.3, 0.4) is 0 Å². The van der Waals surface area contributed by atoms with Crippen molar-refractivity contribution in [2.24, 2.45) is 0 Å². The van der Waals surface area contributed by atoms with Gasteiger partial charge >= 0.3 is 6.09 Å². The molecule has 0 saturated carbocycles. The van der Waals surface area contributed by atoms with Crippen LogP contribution < -0.4 is 5.32 Å². The number of aryl methyl sites for hydroxylation is 1. The van der Waals surface area contributed by atoms with E-state index in [4.69, 9.17) is 4.74 Å². The molecule has 0 unspecified atom stereocenters. The topological polar surface area (TPSA) is 91.7 Å². The zero-order valence-electron chi connectivity index (χ0n) is 11.6. The van der Waals surface area contributed by atoms with Gasteiger partial charge in [0, 0.05) is 18.3 Å². The molecule has 19 heavy (non-hydrogen) atoms. The lowest BCUT2D eigenvalue weighted by molar-refractivity contribution is 0.0523. The van der Waals surface area contributed by atoms with Gasteiger partial charge in [0.15, 0.2) is 0 Å². The van der Waals surface area contributed by atoms with Crippen LogP contribution in [0.5, 0.6) is 5.75 Å². The molecule has 6 heteroatoms. The highest BCUT2D eigenvalue weighted by atomic mass is 16.6. The first-order valence-corrected chi connectivity index (χ1v) is 5.98. The summed E-state index contributed by atoms with van der Waals surface area (Å²) in [5.74, 6) is -0.0500. The van der Waals surface area contributed by atoms with Crippen molar-refractivity contribution in [3.05, 3.63) is 23.0 Å². The number of amides is 1. The molecule has 0 aliphatic heterocycles. The van der Waals surface area contributed by atoms with Crippen LogP contribution in [-0.2, 0) is 17.9 Å². The molecule has 0 saturated heterocycles. The maximum atomic E-state index is 11.5. The highest BCUT2D eigenvalue weighted by Crippen LogP contribution is 2.23. The molecule has 0 fully saturated rings. The number of pyridine rings is 1. The Kier molecular flexibility index (Phi) is 4.72. The van der Waals surface area contributed by atoms with E-state index in [9.17, 15) is 15.0 Å². The number of nitrogens with zero attached hydrogens (tertiary/aromatic N) is 1. The monoisotopic (exact) mass is 268 g/mol. The number of carbonyl (C=O) groups is 1. The molecule has 1 amide bonds. The Hall–Kier alpha value is -1.82. The van der Waals surface area contributed by atoms with Crippen molar-refractivity contribution in [2.45, 2.75) is 46.4 Å². The normalized spacial score (nSPS) is 11.2. The fourth-order valence-corrected chi connectivity index (χ4v) is 1.49. The lowest BCUT2D eigenvalue weighted by atomic mass is 10.1. The maximum Gasteiger partial charge on any atom is 0.407 e. The minimum Gasteiger partial charge on any atom is -0.506 e. The Labute approximate surface area is 112 Å². The van der Waals surface area contributed by atoms with Crippen molar-refractivity contribution >= 4 is 6.09 Å². The van der Waals surface area contributed by atoms with Crippen LogP contribution in [0.15, 0.2) is 6.20 Å². The van der Waals surface area contributed by atoms with Crippen molar-refractivity contribution in [2.75, 3.05) is 0 Å². The van der Waals surface area contributed by atoms with E-state index in [0.29, 0.717) is 16.8 Å². The van der Waals surface area contributed by atoms with Crippen molar-refractivity contribution in [3.63, 3.8) is 0 Å². The molecule has 1 aromatic heterocycles. The van der Waals surface area contributed by atoms with Gasteiger partial charge in [-0.1, -0.05) is 0 Å². The van der Waals surface area contributed by atoms with Crippen molar-refractivity contribution in [1.82, 2.24) is 10.3 Å². The van der Waals surface area contributed by atoms with Crippen LogP contribution in [0.25, 0.3) is 0 Å². The largest absolute Gasteiger partial charge is 0.506 e. The zero-order chi connectivity index (χ0) is 14.6. The van der Waals surface area contributed by atoms with Crippen molar-refractivity contribution in [3.8, 4) is 5.75 Å². The summed E-state index contributed by atoms with van der Waals surface area (Å²) in [4.78, 5) is 15.5. The zero-order valence-corrected chi connectivity index (χ0v) is 11.6. The molecular weight excluding hydrogens is 248 g/mol. The summed E-state index contributed by atoms with van der Waals surface area (Å²) in [6.45, 7) is 6.76. The second-order valence-electron chi connectivity index (χ2n) is 5.21. The molecule has 3 N–H and O–H groups in total. The molecule has 0 radical (unpaired) electrons. The molecule has 1 heterocycles. The first-order valence-electron chi connectivity index (χ1n) is 5.98. The second-order valence-corrected chi connectivity index (χ2v) is 5.21. The van der Waals surface area contributed by atoms with Crippen molar-refractivity contribution in [1.29, 1.82) is 0 Å². The number of aromatic nitrogens is 1. The molecule has 0 atom stereocenters. The van der Waals surface area contributed by atoms with Gasteiger partial charge in [0.05, 0.1) is 12.3 Å². The van der Waals surface area contributed by atoms with Gasteiger partial charge in [-0.05, 0) is 33.3 Å². The maximum absolute atomic E-state index is 11.5. The Balaban J connectivity index is 2.73. The Morgan fingerprint density at radius 3 is 2.63 bits per heavy atom. The summed E-state index contributed by atoms with van der Waals surface area (Å²) in [7, 11) is 0. The molecule has 0 bridgehead atoms. The van der Waals surface area contributed by atoms with Gasteiger partial charge < -0.3 is 20.3 Å². The van der Waals surface area contributed by atoms with Crippen LogP contribution in [0.2, 0.25) is 0 Å². The number of aliphatic hydroxyl groups excluding tert-OH is 1. The number of rotatable bonds is 3. The highest BCUT2D eigenvalue weighted by Gasteiger charge is 2.17. The van der Waals surface area contributed by atoms with Gasteiger partial charge in [0.25, 0.3) is 0 Å². The number of nitrogens with one attached hydrogen (secondary N) is 1. The summed E-state index contributed by atoms with van der Waals surface area (Å²) in [5.41, 5.74) is 0.780. The van der Waals surface area contributed by atoms with Crippen LogP contribution in [-0.4, -0.2) is 26.9 Å². The fraction of sp³-hybridized carbons (Fsp3) is 0.538. The third-order valence-corrected chi connectivity index (χ3v) is 2.41. The van der Waals surface area contributed by atoms with Gasteiger partial charge in [-0.15, -0.1) is 0 Å². The predicted octanol–water partition coefficient (Wildman–Crippen LogP) is 1.61. The molecule has 0 spiro atoms. The number of aliphatic hydroxyl groups is 1. The molecule has 0 aromatic carbocycles. The summed E-state index contributed by atoms with van der Waals surface area (Å²) < 4.78 is 5.09. The van der Waals surface area contributed by atoms with E-state index >= 15 is 0 Å². The lowest BCUT2D eigenvalue weighted by Crippen LogP contribution is -2.32. The van der Waals surface area contributed by atoms with E-state index in [1.165, 1.54) is 6.20 Å². The first kappa shape index (κ1) is 15.2. The minimum atomic E-state index is -0.572. The van der Waals surface area contributed by atoms with E-state index in [2.05, 4.69) is 10.3 Å². The molecular formula is C13H20N2O4. The molecule has 0 aliphatic rings. The highest BCUT2D eigenvalue weighted by molar-refractivity contribution is 5.67. The summed E-state index contributed by atoms with van der Waals surface area (Å²) >= 11 is 0. The van der Waals surface area contributed by atoms with E-state index in [0.717, 1.165) is 0 Å². The fourth-order valence-electron chi connectivity index (χ4n) is 1.49. The van der Waals surface area contributed by atoms with Crippen LogP contribution in [0.1, 0.15) is 37.6 Å². The smallest absolute Gasteiger partial charge is 0.407 e. The third-order valence-electron chi connectivity index (χ3n) is 2.41. The first-order chi connectivity index (χ1) is 8.74. The average molecular weight is 268 g/mol. The average Bonchev–Trinajstić information content (AvgIpc) is 2.28. The van der Waals surface area contributed by atoms with E-state index in [1.54, 1.807) is 27.7 Å². The SMILES string of the molecule is Cc1ncc(CNC(=O)OC(C)(C)C)c(CO)c1O. The van der Waals surface area contributed by atoms with Gasteiger partial charge in [0.2, 0.25) is 0 Å². The van der Waals surface area contributed by atoms with E-state index < -0.39 is 11.7 Å². The predicted molar refractivity (Wildman–Crippen MR) is 69.6 cm³/mol. The number of alkyl carbamates (subject to hydrolysis) is 1. The molecule has 1 rings (SSSR count). The summed E-state index contributed by atoms with van der Waals surface area (Å²) in [6.07, 6.45) is 0.953. The van der Waals surface area contributed by atoms with Gasteiger partial charge in [-0.2, -0.15) is 0 Å². The number of carbonyl (C=O) groups excluding carboxylic acids is 1. The van der Waals surface area contributed by atoms with E-state index in [1.807, 2.05) is 0 Å².